The van der Waals surface area contributed by atoms with Crippen LogP contribution in [0.4, 0.5) is 0 Å². The monoisotopic (exact) mass is 266 g/mol. The molecule has 1 saturated heterocycles. The van der Waals surface area contributed by atoms with Gasteiger partial charge >= 0.3 is 5.97 Å². The number of carbonyl (C=O) groups is 1. The van der Waals surface area contributed by atoms with Crippen molar-refractivity contribution in [3.05, 3.63) is 17.0 Å². The van der Waals surface area contributed by atoms with E-state index >= 15 is 0 Å². The molecule has 0 aromatic carbocycles. The SMILES string of the molecule is Cc1nn(C)c(C)c1C(=O)OC[C@H]1CCC(C)(C)O1. The van der Waals surface area contributed by atoms with E-state index < -0.39 is 0 Å². The van der Waals surface area contributed by atoms with Gasteiger partial charge in [0.15, 0.2) is 0 Å². The summed E-state index contributed by atoms with van der Waals surface area (Å²) in [4.78, 5) is 12.1. The fourth-order valence-electron chi connectivity index (χ4n) is 2.50. The second kappa shape index (κ2) is 4.96. The highest BCUT2D eigenvalue weighted by Crippen LogP contribution is 2.29. The first kappa shape index (κ1) is 14.1. The van der Waals surface area contributed by atoms with Crippen molar-refractivity contribution in [2.75, 3.05) is 6.61 Å². The molecule has 0 amide bonds. The van der Waals surface area contributed by atoms with Gasteiger partial charge in [0.2, 0.25) is 0 Å². The number of rotatable bonds is 3. The first-order valence-electron chi connectivity index (χ1n) is 6.65. The number of ether oxygens (including phenoxy) is 2. The van der Waals surface area contributed by atoms with Crippen molar-refractivity contribution in [3.8, 4) is 0 Å². The average Bonchev–Trinajstić information content (AvgIpc) is 2.77. The summed E-state index contributed by atoms with van der Waals surface area (Å²) in [6, 6.07) is 0. The molecule has 0 saturated carbocycles. The molecule has 1 aromatic heterocycles. The van der Waals surface area contributed by atoms with Crippen molar-refractivity contribution >= 4 is 5.97 Å². The molecule has 2 heterocycles. The van der Waals surface area contributed by atoms with E-state index in [0.717, 1.165) is 18.5 Å². The highest BCUT2D eigenvalue weighted by atomic mass is 16.6. The van der Waals surface area contributed by atoms with E-state index in [9.17, 15) is 4.79 Å². The maximum atomic E-state index is 12.1. The van der Waals surface area contributed by atoms with Gasteiger partial charge in [-0.25, -0.2) is 4.79 Å². The summed E-state index contributed by atoms with van der Waals surface area (Å²) in [5.41, 5.74) is 2.00. The van der Waals surface area contributed by atoms with Crippen LogP contribution in [0.15, 0.2) is 0 Å². The first-order valence-corrected chi connectivity index (χ1v) is 6.65. The number of nitrogens with zero attached hydrogens (tertiary/aromatic N) is 2. The number of hydrogen-bond acceptors (Lipinski definition) is 4. The van der Waals surface area contributed by atoms with Crippen molar-refractivity contribution in [2.45, 2.75) is 52.2 Å². The molecule has 0 unspecified atom stereocenters. The molecular weight excluding hydrogens is 244 g/mol. The van der Waals surface area contributed by atoms with Gasteiger partial charge in [0.25, 0.3) is 0 Å². The van der Waals surface area contributed by atoms with Gasteiger partial charge in [0.1, 0.15) is 12.2 Å². The van der Waals surface area contributed by atoms with E-state index in [2.05, 4.69) is 18.9 Å². The highest BCUT2D eigenvalue weighted by molar-refractivity contribution is 5.91. The lowest BCUT2D eigenvalue weighted by Gasteiger charge is -2.19. The minimum atomic E-state index is -0.309. The van der Waals surface area contributed by atoms with Gasteiger partial charge in [-0.15, -0.1) is 0 Å². The molecule has 5 heteroatoms. The summed E-state index contributed by atoms with van der Waals surface area (Å²) < 4.78 is 12.9. The van der Waals surface area contributed by atoms with Crippen LogP contribution in [0.2, 0.25) is 0 Å². The molecule has 1 aromatic rings. The Morgan fingerprint density at radius 3 is 2.68 bits per heavy atom. The van der Waals surface area contributed by atoms with Crippen molar-refractivity contribution in [1.82, 2.24) is 9.78 Å². The first-order chi connectivity index (χ1) is 8.80. The Hall–Kier alpha value is -1.36. The molecule has 0 aliphatic carbocycles. The molecular formula is C14H22N2O3. The zero-order valence-corrected chi connectivity index (χ0v) is 12.3. The molecule has 1 atom stereocenters. The summed E-state index contributed by atoms with van der Waals surface area (Å²) in [6.45, 7) is 8.12. The summed E-state index contributed by atoms with van der Waals surface area (Å²) in [5, 5.41) is 4.22. The Morgan fingerprint density at radius 2 is 2.21 bits per heavy atom. The molecule has 0 spiro atoms. The van der Waals surface area contributed by atoms with Crippen LogP contribution >= 0.6 is 0 Å². The quantitative estimate of drug-likeness (QED) is 0.787. The van der Waals surface area contributed by atoms with Crippen molar-refractivity contribution in [2.24, 2.45) is 7.05 Å². The molecule has 0 N–H and O–H groups in total. The number of esters is 1. The van der Waals surface area contributed by atoms with Gasteiger partial charge in [-0.1, -0.05) is 0 Å². The fourth-order valence-corrected chi connectivity index (χ4v) is 2.50. The third-order valence-electron chi connectivity index (χ3n) is 3.67. The Balaban J connectivity index is 1.95. The van der Waals surface area contributed by atoms with Crippen LogP contribution in [0, 0.1) is 13.8 Å². The van der Waals surface area contributed by atoms with E-state index in [1.165, 1.54) is 0 Å². The standard InChI is InChI=1S/C14H22N2O3/c1-9-12(10(2)16(5)15-9)13(17)18-8-11-6-7-14(3,4)19-11/h11H,6-8H2,1-5H3/t11-/m1/s1. The Kier molecular flexibility index (Phi) is 3.67. The van der Waals surface area contributed by atoms with E-state index in [0.29, 0.717) is 17.9 Å². The van der Waals surface area contributed by atoms with E-state index in [4.69, 9.17) is 9.47 Å². The van der Waals surface area contributed by atoms with Crippen LogP contribution < -0.4 is 0 Å². The summed E-state index contributed by atoms with van der Waals surface area (Å²) in [6.07, 6.45) is 1.95. The van der Waals surface area contributed by atoms with Crippen LogP contribution in [0.25, 0.3) is 0 Å². The predicted octanol–water partition coefficient (Wildman–Crippen LogP) is 2.15. The molecule has 0 bridgehead atoms. The van der Waals surface area contributed by atoms with Gasteiger partial charge in [0.05, 0.1) is 17.4 Å². The summed E-state index contributed by atoms with van der Waals surface area (Å²) >= 11 is 0. The Morgan fingerprint density at radius 1 is 1.53 bits per heavy atom. The lowest BCUT2D eigenvalue weighted by atomic mass is 10.1. The van der Waals surface area contributed by atoms with Gasteiger partial charge in [-0.05, 0) is 40.5 Å². The molecule has 1 aliphatic heterocycles. The number of aryl methyl sites for hydroxylation is 2. The third kappa shape index (κ3) is 2.97. The van der Waals surface area contributed by atoms with Gasteiger partial charge in [-0.2, -0.15) is 5.10 Å². The number of carbonyl (C=O) groups excluding carboxylic acids is 1. The smallest absolute Gasteiger partial charge is 0.341 e. The average molecular weight is 266 g/mol. The minimum absolute atomic E-state index is 0.0104. The van der Waals surface area contributed by atoms with Gasteiger partial charge in [0, 0.05) is 12.7 Å². The molecule has 0 radical (unpaired) electrons. The second-order valence-corrected chi connectivity index (χ2v) is 5.81. The van der Waals surface area contributed by atoms with Gasteiger partial charge < -0.3 is 9.47 Å². The molecule has 106 valence electrons. The predicted molar refractivity (Wildman–Crippen MR) is 71.2 cm³/mol. The van der Waals surface area contributed by atoms with Crippen LogP contribution in [0.3, 0.4) is 0 Å². The van der Waals surface area contributed by atoms with Crippen molar-refractivity contribution in [3.63, 3.8) is 0 Å². The number of hydrogen-bond donors (Lipinski definition) is 0. The van der Waals surface area contributed by atoms with E-state index in [1.54, 1.807) is 4.68 Å². The van der Waals surface area contributed by atoms with E-state index in [1.807, 2.05) is 20.9 Å². The topological polar surface area (TPSA) is 53.4 Å². The van der Waals surface area contributed by atoms with Crippen LogP contribution in [0.5, 0.6) is 0 Å². The lowest BCUT2D eigenvalue weighted by molar-refractivity contribution is -0.0445. The molecule has 1 aliphatic rings. The number of aromatic nitrogens is 2. The fraction of sp³-hybridized carbons (Fsp3) is 0.714. The maximum Gasteiger partial charge on any atom is 0.341 e. The van der Waals surface area contributed by atoms with Crippen LogP contribution in [-0.4, -0.2) is 34.1 Å². The zero-order chi connectivity index (χ0) is 14.2. The van der Waals surface area contributed by atoms with Gasteiger partial charge in [-0.3, -0.25) is 4.68 Å². The molecule has 19 heavy (non-hydrogen) atoms. The van der Waals surface area contributed by atoms with Crippen LogP contribution in [0.1, 0.15) is 48.4 Å². The van der Waals surface area contributed by atoms with Crippen molar-refractivity contribution in [1.29, 1.82) is 0 Å². The molecule has 1 fully saturated rings. The Labute approximate surface area is 113 Å². The molecule has 2 rings (SSSR count). The maximum absolute atomic E-state index is 12.1. The van der Waals surface area contributed by atoms with E-state index in [-0.39, 0.29) is 17.7 Å². The summed E-state index contributed by atoms with van der Waals surface area (Å²) in [7, 11) is 1.82. The zero-order valence-electron chi connectivity index (χ0n) is 12.3. The summed E-state index contributed by atoms with van der Waals surface area (Å²) in [5.74, 6) is -0.309. The minimum Gasteiger partial charge on any atom is -0.459 e. The second-order valence-electron chi connectivity index (χ2n) is 5.81. The highest BCUT2D eigenvalue weighted by Gasteiger charge is 2.32. The normalized spacial score (nSPS) is 21.6. The lowest BCUT2D eigenvalue weighted by Crippen LogP contribution is -2.24. The Bertz CT molecular complexity index is 491. The largest absolute Gasteiger partial charge is 0.459 e. The third-order valence-corrected chi connectivity index (χ3v) is 3.67. The molecule has 5 nitrogen and oxygen atoms in total. The van der Waals surface area contributed by atoms with Crippen molar-refractivity contribution < 1.29 is 14.3 Å². The van der Waals surface area contributed by atoms with Crippen LogP contribution in [-0.2, 0) is 16.5 Å².